The second kappa shape index (κ2) is 8.93. The minimum absolute atomic E-state index is 0.0916. The van der Waals surface area contributed by atoms with Gasteiger partial charge in [-0.1, -0.05) is 6.92 Å². The van der Waals surface area contributed by atoms with Gasteiger partial charge in [0.1, 0.15) is 18.1 Å². The molecule has 0 aromatic heterocycles. The van der Waals surface area contributed by atoms with E-state index in [-0.39, 0.29) is 11.8 Å². The smallest absolute Gasteiger partial charge is 0.226 e. The number of rotatable bonds is 8. The molecule has 1 aliphatic heterocycles. The normalized spacial score (nSPS) is 16.5. The van der Waals surface area contributed by atoms with Crippen molar-refractivity contribution in [2.45, 2.75) is 26.2 Å². The topological polar surface area (TPSA) is 47.6 Å². The first-order chi connectivity index (χ1) is 10.7. The van der Waals surface area contributed by atoms with Crippen LogP contribution < -0.4 is 14.8 Å². The van der Waals surface area contributed by atoms with Crippen LogP contribution in [0.25, 0.3) is 0 Å². The fourth-order valence-corrected chi connectivity index (χ4v) is 3.28. The van der Waals surface area contributed by atoms with Gasteiger partial charge in [0.2, 0.25) is 5.91 Å². The second-order valence-corrected chi connectivity index (χ2v) is 6.67. The molecule has 5 heteroatoms. The van der Waals surface area contributed by atoms with E-state index >= 15 is 0 Å². The predicted octanol–water partition coefficient (Wildman–Crippen LogP) is 2.90. The summed E-state index contributed by atoms with van der Waals surface area (Å²) in [6.45, 7) is 3.39. The van der Waals surface area contributed by atoms with Crippen LogP contribution in [0.4, 0.5) is 0 Å². The Morgan fingerprint density at radius 1 is 1.45 bits per heavy atom. The highest BCUT2D eigenvalue weighted by atomic mass is 32.2. The Kier molecular flexibility index (Phi) is 6.90. The molecular weight excluding hydrogens is 298 g/mol. The van der Waals surface area contributed by atoms with Crippen LogP contribution >= 0.6 is 11.8 Å². The molecule has 1 unspecified atom stereocenters. The maximum absolute atomic E-state index is 12.2. The van der Waals surface area contributed by atoms with Gasteiger partial charge in [0.05, 0.1) is 13.0 Å². The summed E-state index contributed by atoms with van der Waals surface area (Å²) in [5, 5.41) is 3.03. The number of thioether (sulfide) groups is 1. The van der Waals surface area contributed by atoms with Crippen LogP contribution in [0.2, 0.25) is 0 Å². The summed E-state index contributed by atoms with van der Waals surface area (Å²) in [5.74, 6) is 3.95. The summed E-state index contributed by atoms with van der Waals surface area (Å²) in [4.78, 5) is 12.2. The Balaban J connectivity index is 1.77. The first kappa shape index (κ1) is 17.0. The number of fused-ring (bicyclic) bond motifs is 1. The van der Waals surface area contributed by atoms with Crippen LogP contribution in [0, 0.1) is 5.92 Å². The standard InChI is InChI=1S/C17H25NO3S/c1-3-8-22-9-4-7-18-17(19)14-10-13-11-15(20-2)5-6-16(13)21-12-14/h5-6,11,14H,3-4,7-10,12H2,1-2H3,(H,18,19). The molecule has 0 spiro atoms. The molecule has 0 fully saturated rings. The molecule has 0 saturated carbocycles. The Hall–Kier alpha value is -1.36. The maximum atomic E-state index is 12.2. The zero-order chi connectivity index (χ0) is 15.8. The van der Waals surface area contributed by atoms with E-state index in [0.29, 0.717) is 13.0 Å². The van der Waals surface area contributed by atoms with Crippen LogP contribution in [0.5, 0.6) is 11.5 Å². The number of carbonyl (C=O) groups excluding carboxylic acids is 1. The van der Waals surface area contributed by atoms with E-state index in [2.05, 4.69) is 12.2 Å². The minimum Gasteiger partial charge on any atom is -0.497 e. The van der Waals surface area contributed by atoms with E-state index in [9.17, 15) is 4.79 Å². The van der Waals surface area contributed by atoms with Crippen molar-refractivity contribution in [1.29, 1.82) is 0 Å². The molecule has 4 nitrogen and oxygen atoms in total. The van der Waals surface area contributed by atoms with E-state index in [1.807, 2.05) is 30.0 Å². The van der Waals surface area contributed by atoms with E-state index in [1.54, 1.807) is 7.11 Å². The van der Waals surface area contributed by atoms with Gasteiger partial charge in [0, 0.05) is 6.54 Å². The van der Waals surface area contributed by atoms with Crippen molar-refractivity contribution in [3.05, 3.63) is 23.8 Å². The highest BCUT2D eigenvalue weighted by molar-refractivity contribution is 7.99. The third-order valence-electron chi connectivity index (χ3n) is 3.66. The maximum Gasteiger partial charge on any atom is 0.226 e. The van der Waals surface area contributed by atoms with Crippen molar-refractivity contribution < 1.29 is 14.3 Å². The van der Waals surface area contributed by atoms with E-state index in [0.717, 1.165) is 35.8 Å². The number of hydrogen-bond donors (Lipinski definition) is 1. The van der Waals surface area contributed by atoms with Crippen LogP contribution in [-0.2, 0) is 11.2 Å². The number of methoxy groups -OCH3 is 1. The van der Waals surface area contributed by atoms with Crippen molar-refractivity contribution in [2.24, 2.45) is 5.92 Å². The van der Waals surface area contributed by atoms with Gasteiger partial charge in [-0.15, -0.1) is 0 Å². The quantitative estimate of drug-likeness (QED) is 0.747. The lowest BCUT2D eigenvalue weighted by atomic mass is 9.96. The average Bonchev–Trinajstić information content (AvgIpc) is 2.56. The van der Waals surface area contributed by atoms with Gasteiger partial charge in [0.15, 0.2) is 0 Å². The molecule has 1 N–H and O–H groups in total. The van der Waals surface area contributed by atoms with Crippen molar-refractivity contribution in [1.82, 2.24) is 5.32 Å². The number of nitrogens with one attached hydrogen (secondary N) is 1. The minimum atomic E-state index is -0.108. The van der Waals surface area contributed by atoms with Gasteiger partial charge < -0.3 is 14.8 Å². The summed E-state index contributed by atoms with van der Waals surface area (Å²) in [7, 11) is 1.64. The Bertz CT molecular complexity index is 493. The molecule has 1 amide bonds. The number of hydrogen-bond acceptors (Lipinski definition) is 4. The molecular formula is C17H25NO3S. The van der Waals surface area contributed by atoms with Crippen LogP contribution in [-0.4, -0.2) is 37.7 Å². The zero-order valence-corrected chi connectivity index (χ0v) is 14.2. The number of benzene rings is 1. The third-order valence-corrected chi connectivity index (χ3v) is 4.93. The van der Waals surface area contributed by atoms with Gasteiger partial charge in [-0.05, 0) is 54.5 Å². The van der Waals surface area contributed by atoms with Crippen molar-refractivity contribution in [3.63, 3.8) is 0 Å². The Morgan fingerprint density at radius 2 is 2.32 bits per heavy atom. The lowest BCUT2D eigenvalue weighted by Gasteiger charge is -2.25. The molecule has 1 aromatic carbocycles. The molecule has 1 atom stereocenters. The second-order valence-electron chi connectivity index (χ2n) is 5.44. The lowest BCUT2D eigenvalue weighted by Crippen LogP contribution is -2.37. The van der Waals surface area contributed by atoms with Gasteiger partial charge >= 0.3 is 0 Å². The predicted molar refractivity (Wildman–Crippen MR) is 90.9 cm³/mol. The number of carbonyl (C=O) groups is 1. The molecule has 0 aliphatic carbocycles. The highest BCUT2D eigenvalue weighted by Gasteiger charge is 2.26. The third kappa shape index (κ3) is 4.83. The molecule has 22 heavy (non-hydrogen) atoms. The molecule has 1 aromatic rings. The van der Waals surface area contributed by atoms with E-state index in [1.165, 1.54) is 12.2 Å². The van der Waals surface area contributed by atoms with Crippen molar-refractivity contribution in [2.75, 3.05) is 31.8 Å². The van der Waals surface area contributed by atoms with Crippen molar-refractivity contribution in [3.8, 4) is 11.5 Å². The molecule has 0 radical (unpaired) electrons. The van der Waals surface area contributed by atoms with Gasteiger partial charge in [-0.25, -0.2) is 0 Å². The highest BCUT2D eigenvalue weighted by Crippen LogP contribution is 2.30. The van der Waals surface area contributed by atoms with Crippen LogP contribution in [0.15, 0.2) is 18.2 Å². The molecule has 2 rings (SSSR count). The Labute approximate surface area is 137 Å². The lowest BCUT2D eigenvalue weighted by molar-refractivity contribution is -0.126. The number of ether oxygens (including phenoxy) is 2. The molecule has 122 valence electrons. The zero-order valence-electron chi connectivity index (χ0n) is 13.4. The van der Waals surface area contributed by atoms with Gasteiger partial charge in [-0.3, -0.25) is 4.79 Å². The number of amides is 1. The van der Waals surface area contributed by atoms with Crippen molar-refractivity contribution >= 4 is 17.7 Å². The molecule has 1 heterocycles. The van der Waals surface area contributed by atoms with Crippen LogP contribution in [0.1, 0.15) is 25.3 Å². The molecule has 0 bridgehead atoms. The average molecular weight is 323 g/mol. The summed E-state index contributed by atoms with van der Waals surface area (Å²) >= 11 is 1.95. The van der Waals surface area contributed by atoms with E-state index < -0.39 is 0 Å². The molecule has 1 aliphatic rings. The Morgan fingerprint density at radius 3 is 3.09 bits per heavy atom. The first-order valence-corrected chi connectivity index (χ1v) is 9.05. The summed E-state index contributed by atoms with van der Waals surface area (Å²) in [5.41, 5.74) is 1.05. The summed E-state index contributed by atoms with van der Waals surface area (Å²) in [6, 6.07) is 5.75. The molecule has 0 saturated heterocycles. The van der Waals surface area contributed by atoms with Gasteiger partial charge in [0.25, 0.3) is 0 Å². The van der Waals surface area contributed by atoms with Gasteiger partial charge in [-0.2, -0.15) is 11.8 Å². The first-order valence-electron chi connectivity index (χ1n) is 7.89. The SMILES string of the molecule is CCCSCCCNC(=O)C1COc2ccc(OC)cc2C1. The fraction of sp³-hybridized carbons (Fsp3) is 0.588. The summed E-state index contributed by atoms with van der Waals surface area (Å²) in [6.07, 6.45) is 2.94. The van der Waals surface area contributed by atoms with Crippen LogP contribution in [0.3, 0.4) is 0 Å². The monoisotopic (exact) mass is 323 g/mol. The largest absolute Gasteiger partial charge is 0.497 e. The fourth-order valence-electron chi connectivity index (χ4n) is 2.44. The van der Waals surface area contributed by atoms with E-state index in [4.69, 9.17) is 9.47 Å². The summed E-state index contributed by atoms with van der Waals surface area (Å²) < 4.78 is 10.9.